The molecule has 6 nitrogen and oxygen atoms in total. The van der Waals surface area contributed by atoms with Gasteiger partial charge in [0.25, 0.3) is 11.8 Å². The van der Waals surface area contributed by atoms with Crippen LogP contribution in [0.4, 0.5) is 5.13 Å². The minimum absolute atomic E-state index is 0.145. The van der Waals surface area contributed by atoms with Crippen LogP contribution in [0.25, 0.3) is 0 Å². The van der Waals surface area contributed by atoms with Gasteiger partial charge in [-0.15, -0.1) is 10.2 Å². The van der Waals surface area contributed by atoms with E-state index in [0.717, 1.165) is 15.0 Å². The van der Waals surface area contributed by atoms with E-state index in [4.69, 9.17) is 0 Å². The largest absolute Gasteiger partial charge is 0.352 e. The molecule has 138 valence electrons. The average Bonchev–Trinajstić information content (AvgIpc) is 3.09. The molecule has 3 rings (SSSR count). The molecule has 27 heavy (non-hydrogen) atoms. The first-order valence-corrected chi connectivity index (χ1v) is 9.86. The third-order valence-corrected chi connectivity index (χ3v) is 5.07. The number of hydrogen-bond acceptors (Lipinski definition) is 5. The first-order valence-electron chi connectivity index (χ1n) is 8.25. The Morgan fingerprint density at radius 1 is 1.04 bits per heavy atom. The molecule has 0 aliphatic rings. The lowest BCUT2D eigenvalue weighted by Crippen LogP contribution is -2.25. The molecule has 0 fully saturated rings. The number of carbonyl (C=O) groups excluding carboxylic acids is 2. The second kappa shape index (κ2) is 8.88. The van der Waals surface area contributed by atoms with Crippen LogP contribution in [0.3, 0.4) is 0 Å². The molecular formula is C19H17BrN4O2S. The fourth-order valence-electron chi connectivity index (χ4n) is 2.38. The van der Waals surface area contributed by atoms with Gasteiger partial charge in [-0.05, 0) is 37.3 Å². The summed E-state index contributed by atoms with van der Waals surface area (Å²) in [6.07, 6.45) is 0.539. The van der Waals surface area contributed by atoms with Crippen LogP contribution in [0.15, 0.2) is 53.0 Å². The number of benzene rings is 2. The number of amides is 2. The summed E-state index contributed by atoms with van der Waals surface area (Å²) >= 11 is 4.64. The zero-order valence-corrected chi connectivity index (χ0v) is 16.9. The Hall–Kier alpha value is -2.58. The third-order valence-electron chi connectivity index (χ3n) is 3.68. The van der Waals surface area contributed by atoms with Crippen LogP contribution in [0.5, 0.6) is 0 Å². The Kier molecular flexibility index (Phi) is 6.31. The Bertz CT molecular complexity index is 974. The van der Waals surface area contributed by atoms with E-state index < -0.39 is 0 Å². The molecule has 0 aliphatic heterocycles. The lowest BCUT2D eigenvalue weighted by molar-refractivity contribution is 0.0953. The monoisotopic (exact) mass is 444 g/mol. The van der Waals surface area contributed by atoms with Crippen molar-refractivity contribution < 1.29 is 9.59 Å². The molecule has 1 heterocycles. The fourth-order valence-corrected chi connectivity index (χ4v) is 3.51. The van der Waals surface area contributed by atoms with Crippen molar-refractivity contribution in [2.45, 2.75) is 13.3 Å². The number of rotatable bonds is 6. The zero-order chi connectivity index (χ0) is 19.2. The fraction of sp³-hybridized carbons (Fsp3) is 0.158. The molecule has 0 spiro atoms. The summed E-state index contributed by atoms with van der Waals surface area (Å²) in [5.74, 6) is -0.363. The summed E-state index contributed by atoms with van der Waals surface area (Å²) in [4.78, 5) is 24.3. The molecule has 3 aromatic rings. The number of halogens is 1. The van der Waals surface area contributed by atoms with Crippen molar-refractivity contribution in [1.29, 1.82) is 0 Å². The quantitative estimate of drug-likeness (QED) is 0.604. The van der Waals surface area contributed by atoms with E-state index in [2.05, 4.69) is 36.8 Å². The van der Waals surface area contributed by atoms with E-state index in [-0.39, 0.29) is 11.8 Å². The van der Waals surface area contributed by atoms with Gasteiger partial charge in [0.1, 0.15) is 5.01 Å². The molecule has 0 saturated heterocycles. The van der Waals surface area contributed by atoms with Crippen LogP contribution in [-0.4, -0.2) is 28.6 Å². The molecule has 0 aliphatic carbocycles. The molecule has 2 aromatic carbocycles. The number of aryl methyl sites for hydroxylation is 1. The Balaban J connectivity index is 1.51. The molecule has 1 aromatic heterocycles. The van der Waals surface area contributed by atoms with E-state index >= 15 is 0 Å². The van der Waals surface area contributed by atoms with Crippen molar-refractivity contribution in [2.75, 3.05) is 11.9 Å². The number of nitrogens with one attached hydrogen (secondary N) is 2. The van der Waals surface area contributed by atoms with Gasteiger partial charge in [0, 0.05) is 28.6 Å². The van der Waals surface area contributed by atoms with E-state index in [9.17, 15) is 9.59 Å². The number of hydrogen-bond donors (Lipinski definition) is 2. The van der Waals surface area contributed by atoms with Crippen LogP contribution < -0.4 is 10.6 Å². The molecule has 2 amide bonds. The summed E-state index contributed by atoms with van der Waals surface area (Å²) in [6, 6.07) is 14.5. The van der Waals surface area contributed by atoms with Crippen molar-refractivity contribution in [3.05, 3.63) is 74.7 Å². The number of carbonyl (C=O) groups is 2. The van der Waals surface area contributed by atoms with E-state index in [1.54, 1.807) is 18.2 Å². The molecule has 0 bridgehead atoms. The number of aromatic nitrogens is 2. The predicted molar refractivity (Wildman–Crippen MR) is 109 cm³/mol. The molecule has 0 atom stereocenters. The maximum Gasteiger partial charge on any atom is 0.257 e. The van der Waals surface area contributed by atoms with Gasteiger partial charge in [0.05, 0.1) is 0 Å². The first-order chi connectivity index (χ1) is 13.0. The summed E-state index contributed by atoms with van der Waals surface area (Å²) in [5, 5.41) is 14.8. The highest BCUT2D eigenvalue weighted by atomic mass is 79.9. The van der Waals surface area contributed by atoms with Crippen molar-refractivity contribution in [3.8, 4) is 0 Å². The second-order valence-electron chi connectivity index (χ2n) is 5.84. The van der Waals surface area contributed by atoms with Gasteiger partial charge in [-0.2, -0.15) is 0 Å². The number of nitrogens with zero attached hydrogens (tertiary/aromatic N) is 2. The maximum absolute atomic E-state index is 12.2. The number of anilines is 1. The van der Waals surface area contributed by atoms with Gasteiger partial charge in [0.2, 0.25) is 5.13 Å². The van der Waals surface area contributed by atoms with Crippen LogP contribution in [0, 0.1) is 6.92 Å². The predicted octanol–water partition coefficient (Wildman–Crippen LogP) is 3.83. The maximum atomic E-state index is 12.2. The van der Waals surface area contributed by atoms with Gasteiger partial charge < -0.3 is 5.32 Å². The van der Waals surface area contributed by atoms with Gasteiger partial charge in [-0.3, -0.25) is 14.9 Å². The lowest BCUT2D eigenvalue weighted by atomic mass is 10.1. The van der Waals surface area contributed by atoms with E-state index in [0.29, 0.717) is 29.2 Å². The normalized spacial score (nSPS) is 10.4. The Morgan fingerprint density at radius 3 is 2.52 bits per heavy atom. The summed E-state index contributed by atoms with van der Waals surface area (Å²) in [7, 11) is 0. The standard InChI is InChI=1S/C19H17BrN4O2S/c1-12-4-2-5-13(10-12)18(26)22-19-24-23-16(27-19)8-9-21-17(25)14-6-3-7-15(20)11-14/h2-7,10-11H,8-9H2,1H3,(H,21,25)(H,22,24,26). The summed E-state index contributed by atoms with van der Waals surface area (Å²) in [5.41, 5.74) is 2.18. The van der Waals surface area contributed by atoms with Crippen molar-refractivity contribution in [3.63, 3.8) is 0 Å². The van der Waals surface area contributed by atoms with Crippen LogP contribution >= 0.6 is 27.3 Å². The SMILES string of the molecule is Cc1cccc(C(=O)Nc2nnc(CCNC(=O)c3cccc(Br)c3)s2)c1. The molecular weight excluding hydrogens is 428 g/mol. The molecule has 0 unspecified atom stereocenters. The molecule has 0 saturated carbocycles. The van der Waals surface area contributed by atoms with Crippen molar-refractivity contribution in [2.24, 2.45) is 0 Å². The highest BCUT2D eigenvalue weighted by molar-refractivity contribution is 9.10. The second-order valence-corrected chi connectivity index (χ2v) is 7.82. The van der Waals surface area contributed by atoms with E-state index in [1.807, 2.05) is 37.3 Å². The lowest BCUT2D eigenvalue weighted by Gasteiger charge is -2.04. The van der Waals surface area contributed by atoms with Gasteiger partial charge in [0.15, 0.2) is 0 Å². The average molecular weight is 445 g/mol. The van der Waals surface area contributed by atoms with Gasteiger partial charge in [-0.1, -0.05) is 51.0 Å². The smallest absolute Gasteiger partial charge is 0.257 e. The Labute approximate surface area is 169 Å². The molecule has 2 N–H and O–H groups in total. The van der Waals surface area contributed by atoms with Crippen LogP contribution in [0.1, 0.15) is 31.3 Å². The minimum atomic E-state index is -0.218. The van der Waals surface area contributed by atoms with Crippen LogP contribution in [0.2, 0.25) is 0 Å². The van der Waals surface area contributed by atoms with Crippen molar-refractivity contribution >= 4 is 44.2 Å². The molecule has 8 heteroatoms. The molecule has 0 radical (unpaired) electrons. The van der Waals surface area contributed by atoms with Crippen LogP contribution in [-0.2, 0) is 6.42 Å². The van der Waals surface area contributed by atoms with Gasteiger partial charge in [-0.25, -0.2) is 0 Å². The highest BCUT2D eigenvalue weighted by Gasteiger charge is 2.11. The van der Waals surface area contributed by atoms with Crippen molar-refractivity contribution in [1.82, 2.24) is 15.5 Å². The minimum Gasteiger partial charge on any atom is -0.352 e. The van der Waals surface area contributed by atoms with Gasteiger partial charge >= 0.3 is 0 Å². The zero-order valence-electron chi connectivity index (χ0n) is 14.5. The summed E-state index contributed by atoms with van der Waals surface area (Å²) < 4.78 is 0.855. The third kappa shape index (κ3) is 5.45. The first kappa shape index (κ1) is 19.2. The highest BCUT2D eigenvalue weighted by Crippen LogP contribution is 2.17. The van der Waals surface area contributed by atoms with E-state index in [1.165, 1.54) is 11.3 Å². The Morgan fingerprint density at radius 2 is 1.78 bits per heavy atom. The summed E-state index contributed by atoms with van der Waals surface area (Å²) in [6.45, 7) is 2.37. The topological polar surface area (TPSA) is 84.0 Å².